The Morgan fingerprint density at radius 2 is 2.19 bits per heavy atom. The molecule has 1 saturated heterocycles. The number of benzene rings is 1. The molecule has 0 bridgehead atoms. The van der Waals surface area contributed by atoms with Crippen LogP contribution in [-0.4, -0.2) is 26.0 Å². The van der Waals surface area contributed by atoms with Gasteiger partial charge in [0, 0.05) is 19.2 Å². The number of rotatable bonds is 4. The molecule has 1 amide bonds. The fourth-order valence-corrected chi connectivity index (χ4v) is 2.85. The number of piperidine rings is 1. The lowest BCUT2D eigenvalue weighted by molar-refractivity contribution is -0.119. The van der Waals surface area contributed by atoms with Gasteiger partial charge in [-0.25, -0.2) is 0 Å². The van der Waals surface area contributed by atoms with Crippen LogP contribution < -0.4 is 10.2 Å². The van der Waals surface area contributed by atoms with E-state index in [2.05, 4.69) is 18.3 Å². The van der Waals surface area contributed by atoms with Crippen molar-refractivity contribution in [3.8, 4) is 6.07 Å². The van der Waals surface area contributed by atoms with E-state index >= 15 is 0 Å². The van der Waals surface area contributed by atoms with Gasteiger partial charge in [0.1, 0.15) is 0 Å². The molecular formula is C17H23N3O. The van der Waals surface area contributed by atoms with E-state index in [0.29, 0.717) is 23.8 Å². The summed E-state index contributed by atoms with van der Waals surface area (Å²) in [6.07, 6.45) is 2.99. The first-order chi connectivity index (χ1) is 10.1. The average molecular weight is 285 g/mol. The molecule has 4 nitrogen and oxygen atoms in total. The molecule has 1 fully saturated rings. The Kier molecular flexibility index (Phi) is 5.35. The molecule has 1 aromatic rings. The number of carbonyl (C=O) groups is 1. The number of carbonyl (C=O) groups excluding carboxylic acids is 1. The van der Waals surface area contributed by atoms with Gasteiger partial charge in [0.15, 0.2) is 0 Å². The quantitative estimate of drug-likeness (QED) is 0.925. The van der Waals surface area contributed by atoms with Gasteiger partial charge >= 0.3 is 0 Å². The molecule has 1 aromatic carbocycles. The first-order valence-electron chi connectivity index (χ1n) is 7.59. The third kappa shape index (κ3) is 4.05. The Bertz CT molecular complexity index is 512. The zero-order valence-electron chi connectivity index (χ0n) is 12.8. The summed E-state index contributed by atoms with van der Waals surface area (Å²) in [5, 5.41) is 12.2. The Labute approximate surface area is 126 Å². The van der Waals surface area contributed by atoms with Crippen LogP contribution >= 0.6 is 0 Å². The molecule has 0 aromatic heterocycles. The van der Waals surface area contributed by atoms with Crippen molar-refractivity contribution in [3.05, 3.63) is 29.8 Å². The van der Waals surface area contributed by atoms with E-state index in [4.69, 9.17) is 5.26 Å². The van der Waals surface area contributed by atoms with Gasteiger partial charge < -0.3 is 10.2 Å². The number of nitrogens with zero attached hydrogens (tertiary/aromatic N) is 2. The number of hydrogen-bond donors (Lipinski definition) is 1. The number of hydrogen-bond acceptors (Lipinski definition) is 3. The molecule has 21 heavy (non-hydrogen) atoms. The molecule has 1 N–H and O–H groups in total. The molecule has 2 atom stereocenters. The highest BCUT2D eigenvalue weighted by molar-refractivity contribution is 5.92. The van der Waals surface area contributed by atoms with Crippen LogP contribution in [0.3, 0.4) is 0 Å². The van der Waals surface area contributed by atoms with Crippen LogP contribution in [-0.2, 0) is 4.79 Å². The Balaban J connectivity index is 1.93. The zero-order chi connectivity index (χ0) is 15.2. The van der Waals surface area contributed by atoms with E-state index in [1.807, 2.05) is 12.1 Å². The van der Waals surface area contributed by atoms with Crippen molar-refractivity contribution in [2.75, 3.05) is 25.0 Å². The minimum Gasteiger partial charge on any atom is -0.316 e. The lowest BCUT2D eigenvalue weighted by Crippen LogP contribution is -2.36. The SMILES string of the molecule is CC(CC(=O)N(C)c1ccc(C#N)cc1)C1CCCNC1. The van der Waals surface area contributed by atoms with Crippen molar-refractivity contribution >= 4 is 11.6 Å². The number of anilines is 1. The Morgan fingerprint density at radius 1 is 1.48 bits per heavy atom. The van der Waals surface area contributed by atoms with E-state index in [-0.39, 0.29) is 5.91 Å². The summed E-state index contributed by atoms with van der Waals surface area (Å²) < 4.78 is 0. The number of nitrogens with one attached hydrogen (secondary N) is 1. The van der Waals surface area contributed by atoms with Gasteiger partial charge in [0.25, 0.3) is 0 Å². The number of amides is 1. The number of nitriles is 1. The first-order valence-corrected chi connectivity index (χ1v) is 7.59. The summed E-state index contributed by atoms with van der Waals surface area (Å²) >= 11 is 0. The zero-order valence-corrected chi connectivity index (χ0v) is 12.8. The molecule has 1 aliphatic rings. The van der Waals surface area contributed by atoms with E-state index in [0.717, 1.165) is 18.8 Å². The third-order valence-electron chi connectivity index (χ3n) is 4.39. The largest absolute Gasteiger partial charge is 0.316 e. The van der Waals surface area contributed by atoms with Crippen LogP contribution in [0.1, 0.15) is 31.7 Å². The molecule has 2 unspecified atom stereocenters. The van der Waals surface area contributed by atoms with Crippen molar-refractivity contribution in [2.24, 2.45) is 11.8 Å². The van der Waals surface area contributed by atoms with Gasteiger partial charge in [-0.1, -0.05) is 6.92 Å². The third-order valence-corrected chi connectivity index (χ3v) is 4.39. The lowest BCUT2D eigenvalue weighted by atomic mass is 9.85. The van der Waals surface area contributed by atoms with Crippen molar-refractivity contribution < 1.29 is 4.79 Å². The van der Waals surface area contributed by atoms with Crippen LogP contribution in [0.15, 0.2) is 24.3 Å². The first kappa shape index (κ1) is 15.5. The maximum Gasteiger partial charge on any atom is 0.226 e. The predicted octanol–water partition coefficient (Wildman–Crippen LogP) is 2.55. The monoisotopic (exact) mass is 285 g/mol. The highest BCUT2D eigenvalue weighted by Crippen LogP contribution is 2.24. The van der Waals surface area contributed by atoms with Gasteiger partial charge in [0.2, 0.25) is 5.91 Å². The van der Waals surface area contributed by atoms with E-state index in [9.17, 15) is 4.79 Å². The second kappa shape index (κ2) is 7.24. The lowest BCUT2D eigenvalue weighted by Gasteiger charge is -2.29. The average Bonchev–Trinajstić information content (AvgIpc) is 2.55. The van der Waals surface area contributed by atoms with Crippen LogP contribution in [0.4, 0.5) is 5.69 Å². The van der Waals surface area contributed by atoms with E-state index < -0.39 is 0 Å². The van der Waals surface area contributed by atoms with Crippen molar-refractivity contribution in [2.45, 2.75) is 26.2 Å². The standard InChI is InChI=1S/C17H23N3O/c1-13(15-4-3-9-19-12-15)10-17(21)20(2)16-7-5-14(11-18)6-8-16/h5-8,13,15,19H,3-4,9-10,12H2,1-2H3. The Morgan fingerprint density at radius 3 is 2.76 bits per heavy atom. The fraction of sp³-hybridized carbons (Fsp3) is 0.529. The second-order valence-corrected chi connectivity index (χ2v) is 5.90. The van der Waals surface area contributed by atoms with Crippen molar-refractivity contribution in [1.29, 1.82) is 5.26 Å². The highest BCUT2D eigenvalue weighted by atomic mass is 16.2. The maximum absolute atomic E-state index is 12.4. The maximum atomic E-state index is 12.4. The van der Waals surface area contributed by atoms with E-state index in [1.54, 1.807) is 24.1 Å². The predicted molar refractivity (Wildman–Crippen MR) is 83.9 cm³/mol. The Hall–Kier alpha value is -1.86. The summed E-state index contributed by atoms with van der Waals surface area (Å²) in [6, 6.07) is 9.22. The van der Waals surface area contributed by atoms with Crippen molar-refractivity contribution in [1.82, 2.24) is 5.32 Å². The van der Waals surface area contributed by atoms with Crippen LogP contribution in [0, 0.1) is 23.2 Å². The van der Waals surface area contributed by atoms with Crippen molar-refractivity contribution in [3.63, 3.8) is 0 Å². The molecule has 0 radical (unpaired) electrons. The normalized spacial score (nSPS) is 19.6. The van der Waals surface area contributed by atoms with Gasteiger partial charge in [-0.2, -0.15) is 5.26 Å². The topological polar surface area (TPSA) is 56.1 Å². The van der Waals surface area contributed by atoms with Gasteiger partial charge in [-0.3, -0.25) is 4.79 Å². The van der Waals surface area contributed by atoms with Gasteiger partial charge in [-0.15, -0.1) is 0 Å². The summed E-state index contributed by atoms with van der Waals surface area (Å²) in [4.78, 5) is 14.1. The molecule has 1 aliphatic heterocycles. The van der Waals surface area contributed by atoms with Gasteiger partial charge in [0.05, 0.1) is 11.6 Å². The van der Waals surface area contributed by atoms with Crippen LogP contribution in [0.25, 0.3) is 0 Å². The minimum atomic E-state index is 0.137. The smallest absolute Gasteiger partial charge is 0.226 e. The molecule has 112 valence electrons. The molecule has 0 spiro atoms. The summed E-state index contributed by atoms with van der Waals surface area (Å²) in [5.74, 6) is 1.13. The molecule has 4 heteroatoms. The van der Waals surface area contributed by atoms with Crippen LogP contribution in [0.5, 0.6) is 0 Å². The second-order valence-electron chi connectivity index (χ2n) is 5.90. The van der Waals surface area contributed by atoms with Crippen LogP contribution in [0.2, 0.25) is 0 Å². The molecule has 2 rings (SSSR count). The highest BCUT2D eigenvalue weighted by Gasteiger charge is 2.23. The van der Waals surface area contributed by atoms with E-state index in [1.165, 1.54) is 12.8 Å². The minimum absolute atomic E-state index is 0.137. The molecule has 0 saturated carbocycles. The molecular weight excluding hydrogens is 262 g/mol. The summed E-state index contributed by atoms with van der Waals surface area (Å²) in [5.41, 5.74) is 1.45. The molecule has 1 heterocycles. The summed E-state index contributed by atoms with van der Waals surface area (Å²) in [7, 11) is 1.80. The summed E-state index contributed by atoms with van der Waals surface area (Å²) in [6.45, 7) is 4.29. The van der Waals surface area contributed by atoms with Gasteiger partial charge in [-0.05, 0) is 62.0 Å². The fourth-order valence-electron chi connectivity index (χ4n) is 2.85. The molecule has 0 aliphatic carbocycles.